The Balaban J connectivity index is 2.00. The molecule has 0 radical (unpaired) electrons. The predicted molar refractivity (Wildman–Crippen MR) is 106 cm³/mol. The van der Waals surface area contributed by atoms with Gasteiger partial charge in [-0.05, 0) is 51.2 Å². The van der Waals surface area contributed by atoms with Crippen molar-refractivity contribution in [3.8, 4) is 0 Å². The fourth-order valence-corrected chi connectivity index (χ4v) is 3.82. The molecule has 1 heterocycles. The first-order chi connectivity index (χ1) is 12.1. The van der Waals surface area contributed by atoms with E-state index in [1.54, 1.807) is 11.8 Å². The molecule has 1 aliphatic carbocycles. The van der Waals surface area contributed by atoms with Crippen molar-refractivity contribution in [3.63, 3.8) is 0 Å². The molecule has 0 unspecified atom stereocenters. The van der Waals surface area contributed by atoms with E-state index in [0.29, 0.717) is 12.0 Å². The summed E-state index contributed by atoms with van der Waals surface area (Å²) in [5, 5.41) is 6.54. The van der Waals surface area contributed by atoms with Crippen LogP contribution in [-0.2, 0) is 4.79 Å². The van der Waals surface area contributed by atoms with Crippen molar-refractivity contribution in [2.75, 3.05) is 17.3 Å². The number of aryl methyl sites for hydroxylation is 2. The van der Waals surface area contributed by atoms with Gasteiger partial charge < -0.3 is 10.6 Å². The van der Waals surface area contributed by atoms with E-state index in [2.05, 4.69) is 26.9 Å². The van der Waals surface area contributed by atoms with Crippen LogP contribution in [0.4, 0.5) is 5.95 Å². The Morgan fingerprint density at radius 2 is 1.76 bits per heavy atom. The fourth-order valence-electron chi connectivity index (χ4n) is 3.35. The molecule has 1 saturated carbocycles. The van der Waals surface area contributed by atoms with Gasteiger partial charge in [0.1, 0.15) is 6.04 Å². The molecule has 1 aromatic heterocycles. The van der Waals surface area contributed by atoms with E-state index in [0.717, 1.165) is 36.4 Å². The molecule has 0 aromatic carbocycles. The average molecular weight is 365 g/mol. The van der Waals surface area contributed by atoms with E-state index in [9.17, 15) is 4.79 Å². The Morgan fingerprint density at radius 3 is 2.36 bits per heavy atom. The van der Waals surface area contributed by atoms with Crippen molar-refractivity contribution < 1.29 is 4.79 Å². The van der Waals surface area contributed by atoms with Gasteiger partial charge in [-0.3, -0.25) is 4.79 Å². The molecular weight excluding hydrogens is 332 g/mol. The highest BCUT2D eigenvalue weighted by molar-refractivity contribution is 7.98. The van der Waals surface area contributed by atoms with Crippen LogP contribution in [0, 0.1) is 13.8 Å². The molecule has 2 N–H and O–H groups in total. The molecule has 5 nitrogen and oxygen atoms in total. The number of rotatable bonds is 7. The zero-order chi connectivity index (χ0) is 18.1. The summed E-state index contributed by atoms with van der Waals surface area (Å²) in [6, 6.07) is 1.97. The summed E-state index contributed by atoms with van der Waals surface area (Å²) in [4.78, 5) is 21.7. The monoisotopic (exact) mass is 364 g/mol. The van der Waals surface area contributed by atoms with E-state index in [4.69, 9.17) is 0 Å². The standard InChI is InChI=1S/C19H32N4OS/c1-14-13-15(2)21-19(20-14)23-17(11-12-25-3)18(24)22-16-9-7-5-4-6-8-10-16/h13,16-17H,4-12H2,1-3H3,(H,22,24)(H,20,21,23)/t17-/m0/s1. The number of hydrogen-bond donors (Lipinski definition) is 2. The molecule has 140 valence electrons. The number of nitrogens with one attached hydrogen (secondary N) is 2. The van der Waals surface area contributed by atoms with Gasteiger partial charge in [0.25, 0.3) is 0 Å². The Kier molecular flexibility index (Phi) is 8.52. The summed E-state index contributed by atoms with van der Waals surface area (Å²) in [6.07, 6.45) is 11.4. The molecule has 0 spiro atoms. The Bertz CT molecular complexity index is 524. The minimum Gasteiger partial charge on any atom is -0.352 e. The molecule has 0 aliphatic heterocycles. The highest BCUT2D eigenvalue weighted by atomic mass is 32.2. The number of carbonyl (C=O) groups is 1. The van der Waals surface area contributed by atoms with Crippen LogP contribution in [0.2, 0.25) is 0 Å². The summed E-state index contributed by atoms with van der Waals surface area (Å²) in [5.74, 6) is 1.57. The van der Waals surface area contributed by atoms with Crippen LogP contribution in [0.3, 0.4) is 0 Å². The third kappa shape index (κ3) is 7.22. The number of hydrogen-bond acceptors (Lipinski definition) is 5. The fraction of sp³-hybridized carbons (Fsp3) is 0.737. The van der Waals surface area contributed by atoms with Gasteiger partial charge in [-0.2, -0.15) is 11.8 Å². The second-order valence-corrected chi connectivity index (χ2v) is 7.99. The highest BCUT2D eigenvalue weighted by Crippen LogP contribution is 2.18. The topological polar surface area (TPSA) is 66.9 Å². The van der Waals surface area contributed by atoms with Gasteiger partial charge in [-0.1, -0.05) is 32.1 Å². The van der Waals surface area contributed by atoms with Gasteiger partial charge in [0, 0.05) is 17.4 Å². The third-order valence-electron chi connectivity index (χ3n) is 4.66. The SMILES string of the molecule is CSCC[C@H](Nc1nc(C)cc(C)n1)C(=O)NC1CCCCCCC1. The maximum Gasteiger partial charge on any atom is 0.242 e. The van der Waals surface area contributed by atoms with Crippen LogP contribution in [-0.4, -0.2) is 40.0 Å². The van der Waals surface area contributed by atoms with Crippen LogP contribution in [0.25, 0.3) is 0 Å². The van der Waals surface area contributed by atoms with Crippen molar-refractivity contribution in [1.82, 2.24) is 15.3 Å². The zero-order valence-corrected chi connectivity index (χ0v) is 16.6. The van der Waals surface area contributed by atoms with E-state index >= 15 is 0 Å². The molecule has 1 atom stereocenters. The lowest BCUT2D eigenvalue weighted by Crippen LogP contribution is -2.45. The van der Waals surface area contributed by atoms with E-state index in [1.807, 2.05) is 19.9 Å². The first kappa shape index (κ1) is 20.0. The Hall–Kier alpha value is -1.30. The van der Waals surface area contributed by atoms with Crippen LogP contribution >= 0.6 is 11.8 Å². The molecular formula is C19H32N4OS. The van der Waals surface area contributed by atoms with Crippen molar-refractivity contribution in [3.05, 3.63) is 17.5 Å². The lowest BCUT2D eigenvalue weighted by molar-refractivity contribution is -0.122. The summed E-state index contributed by atoms with van der Waals surface area (Å²) in [6.45, 7) is 3.90. The summed E-state index contributed by atoms with van der Waals surface area (Å²) in [7, 11) is 0. The second-order valence-electron chi connectivity index (χ2n) is 7.00. The van der Waals surface area contributed by atoms with E-state index in [1.165, 1.54) is 32.1 Å². The molecule has 2 rings (SSSR count). The van der Waals surface area contributed by atoms with Gasteiger partial charge in [0.15, 0.2) is 0 Å². The molecule has 1 aliphatic rings. The third-order valence-corrected chi connectivity index (χ3v) is 5.31. The van der Waals surface area contributed by atoms with Crippen molar-refractivity contribution in [2.24, 2.45) is 0 Å². The number of carbonyl (C=O) groups excluding carboxylic acids is 1. The Labute approximate surface area is 156 Å². The smallest absolute Gasteiger partial charge is 0.242 e. The minimum absolute atomic E-state index is 0.0855. The first-order valence-electron chi connectivity index (χ1n) is 9.46. The van der Waals surface area contributed by atoms with Crippen LogP contribution in [0.5, 0.6) is 0 Å². The van der Waals surface area contributed by atoms with Crippen molar-refractivity contribution >= 4 is 23.6 Å². The van der Waals surface area contributed by atoms with Crippen LogP contribution in [0.1, 0.15) is 62.8 Å². The van der Waals surface area contributed by atoms with Crippen molar-refractivity contribution in [2.45, 2.75) is 77.3 Å². The molecule has 1 amide bonds. The molecule has 25 heavy (non-hydrogen) atoms. The summed E-state index contributed by atoms with van der Waals surface area (Å²) in [5.41, 5.74) is 1.83. The number of thioether (sulfide) groups is 1. The quantitative estimate of drug-likeness (QED) is 0.769. The number of amides is 1. The molecule has 1 fully saturated rings. The zero-order valence-electron chi connectivity index (χ0n) is 15.8. The number of anilines is 1. The van der Waals surface area contributed by atoms with Gasteiger partial charge in [-0.25, -0.2) is 9.97 Å². The first-order valence-corrected chi connectivity index (χ1v) is 10.9. The molecule has 0 saturated heterocycles. The average Bonchev–Trinajstić information content (AvgIpc) is 2.52. The van der Waals surface area contributed by atoms with Gasteiger partial charge >= 0.3 is 0 Å². The summed E-state index contributed by atoms with van der Waals surface area (Å²) >= 11 is 1.76. The number of aromatic nitrogens is 2. The van der Waals surface area contributed by atoms with Crippen LogP contribution in [0.15, 0.2) is 6.07 Å². The van der Waals surface area contributed by atoms with Crippen LogP contribution < -0.4 is 10.6 Å². The predicted octanol–water partition coefficient (Wildman–Crippen LogP) is 3.86. The van der Waals surface area contributed by atoms with E-state index in [-0.39, 0.29) is 11.9 Å². The molecule has 6 heteroatoms. The van der Waals surface area contributed by atoms with Crippen molar-refractivity contribution in [1.29, 1.82) is 0 Å². The minimum atomic E-state index is -0.279. The Morgan fingerprint density at radius 1 is 1.16 bits per heavy atom. The van der Waals surface area contributed by atoms with E-state index < -0.39 is 0 Å². The van der Waals surface area contributed by atoms with Gasteiger partial charge in [-0.15, -0.1) is 0 Å². The van der Waals surface area contributed by atoms with Gasteiger partial charge in [0.05, 0.1) is 0 Å². The highest BCUT2D eigenvalue weighted by Gasteiger charge is 2.22. The molecule has 1 aromatic rings. The second kappa shape index (κ2) is 10.6. The summed E-state index contributed by atoms with van der Waals surface area (Å²) < 4.78 is 0. The maximum atomic E-state index is 12.9. The normalized spacial score (nSPS) is 17.4. The lowest BCUT2D eigenvalue weighted by atomic mass is 9.96. The van der Waals surface area contributed by atoms with Gasteiger partial charge in [0.2, 0.25) is 11.9 Å². The molecule has 0 bridgehead atoms. The largest absolute Gasteiger partial charge is 0.352 e. The lowest BCUT2D eigenvalue weighted by Gasteiger charge is -2.25. The number of nitrogens with zero attached hydrogens (tertiary/aromatic N) is 2. The maximum absolute atomic E-state index is 12.9.